The van der Waals surface area contributed by atoms with Crippen molar-refractivity contribution >= 4 is 28.3 Å². The number of aromatic amines is 1. The van der Waals surface area contributed by atoms with Gasteiger partial charge in [0, 0.05) is 22.1 Å². The number of nitrogens with zero attached hydrogens (tertiary/aromatic N) is 4. The minimum atomic E-state index is -0.269. The van der Waals surface area contributed by atoms with E-state index in [1.807, 2.05) is 63.2 Å². The Kier molecular flexibility index (Phi) is 4.69. The Morgan fingerprint density at radius 3 is 2.45 bits per heavy atom. The Bertz CT molecular complexity index is 1230. The standard InChI is InChI=1S/C22H19ClN6/c1-22(2,3)28-21-17(11-24)26-20(19(27-21)13-7-5-4-6-8-13)14-9-15-12-25-29-18(15)16(23)10-14/h4-10,12H,1-3H3,(H,25,29)(H,27,28). The zero-order chi connectivity index (χ0) is 20.6. The molecule has 29 heavy (non-hydrogen) atoms. The van der Waals surface area contributed by atoms with Crippen LogP contribution in [0.1, 0.15) is 26.5 Å². The van der Waals surface area contributed by atoms with Crippen LogP contribution in [-0.4, -0.2) is 25.7 Å². The Morgan fingerprint density at radius 1 is 1.03 bits per heavy atom. The quantitative estimate of drug-likeness (QED) is 0.477. The summed E-state index contributed by atoms with van der Waals surface area (Å²) in [4.78, 5) is 9.49. The molecule has 2 N–H and O–H groups in total. The molecule has 6 nitrogen and oxygen atoms in total. The summed E-state index contributed by atoms with van der Waals surface area (Å²) in [6.45, 7) is 6.04. The van der Waals surface area contributed by atoms with Gasteiger partial charge in [0.1, 0.15) is 6.07 Å². The van der Waals surface area contributed by atoms with E-state index in [9.17, 15) is 5.26 Å². The van der Waals surface area contributed by atoms with Gasteiger partial charge in [-0.25, -0.2) is 9.97 Å². The molecule has 4 rings (SSSR count). The highest BCUT2D eigenvalue weighted by atomic mass is 35.5. The molecule has 2 aromatic carbocycles. The lowest BCUT2D eigenvalue weighted by Crippen LogP contribution is -2.27. The van der Waals surface area contributed by atoms with Gasteiger partial charge in [-0.2, -0.15) is 10.4 Å². The first-order valence-corrected chi connectivity index (χ1v) is 9.52. The van der Waals surface area contributed by atoms with E-state index in [1.54, 1.807) is 6.20 Å². The van der Waals surface area contributed by atoms with Crippen molar-refractivity contribution < 1.29 is 0 Å². The molecule has 0 aliphatic carbocycles. The molecule has 144 valence electrons. The first kappa shape index (κ1) is 18.9. The van der Waals surface area contributed by atoms with Gasteiger partial charge in [0.2, 0.25) is 0 Å². The van der Waals surface area contributed by atoms with Crippen LogP contribution >= 0.6 is 11.6 Å². The van der Waals surface area contributed by atoms with Crippen molar-refractivity contribution in [3.05, 3.63) is 59.4 Å². The van der Waals surface area contributed by atoms with Crippen LogP contribution in [0.4, 0.5) is 5.82 Å². The summed E-state index contributed by atoms with van der Waals surface area (Å²) in [5.74, 6) is 0.457. The van der Waals surface area contributed by atoms with E-state index >= 15 is 0 Å². The molecule has 2 aromatic heterocycles. The maximum absolute atomic E-state index is 9.71. The molecule has 0 aliphatic rings. The molecule has 0 bridgehead atoms. The van der Waals surface area contributed by atoms with Crippen molar-refractivity contribution in [2.75, 3.05) is 5.32 Å². The number of hydrogen-bond acceptors (Lipinski definition) is 5. The first-order chi connectivity index (χ1) is 13.9. The van der Waals surface area contributed by atoms with Gasteiger partial charge in [-0.1, -0.05) is 41.9 Å². The Hall–Kier alpha value is -3.43. The van der Waals surface area contributed by atoms with Crippen molar-refractivity contribution in [2.24, 2.45) is 0 Å². The lowest BCUT2D eigenvalue weighted by molar-refractivity contribution is 0.629. The van der Waals surface area contributed by atoms with Gasteiger partial charge < -0.3 is 5.32 Å². The van der Waals surface area contributed by atoms with Crippen LogP contribution in [-0.2, 0) is 0 Å². The van der Waals surface area contributed by atoms with E-state index in [4.69, 9.17) is 16.6 Å². The number of aromatic nitrogens is 4. The summed E-state index contributed by atoms with van der Waals surface area (Å²) >= 11 is 6.45. The Balaban J connectivity index is 2.00. The number of anilines is 1. The van der Waals surface area contributed by atoms with Crippen molar-refractivity contribution in [1.29, 1.82) is 5.26 Å². The van der Waals surface area contributed by atoms with E-state index in [0.29, 0.717) is 22.2 Å². The summed E-state index contributed by atoms with van der Waals surface area (Å²) < 4.78 is 0. The molecule has 4 aromatic rings. The van der Waals surface area contributed by atoms with Gasteiger partial charge >= 0.3 is 0 Å². The lowest BCUT2D eigenvalue weighted by Gasteiger charge is -2.23. The third kappa shape index (κ3) is 3.78. The van der Waals surface area contributed by atoms with Gasteiger partial charge in [0.05, 0.1) is 28.1 Å². The molecule has 2 heterocycles. The molecule has 0 atom stereocenters. The van der Waals surface area contributed by atoms with E-state index in [2.05, 4.69) is 26.6 Å². The second kappa shape index (κ2) is 7.19. The van der Waals surface area contributed by atoms with E-state index in [1.165, 1.54) is 0 Å². The summed E-state index contributed by atoms with van der Waals surface area (Å²) in [6, 6.07) is 15.7. The molecule has 0 saturated heterocycles. The number of fused-ring (bicyclic) bond motifs is 1. The monoisotopic (exact) mass is 402 g/mol. The predicted molar refractivity (Wildman–Crippen MR) is 116 cm³/mol. The lowest BCUT2D eigenvalue weighted by atomic mass is 10.0. The SMILES string of the molecule is CC(C)(C)Nc1nc(-c2ccccc2)c(-c2cc(Cl)c3[nH]ncc3c2)nc1C#N. The molecular formula is C22H19ClN6. The molecular weight excluding hydrogens is 384 g/mol. The predicted octanol–water partition coefficient (Wildman–Crippen LogP) is 5.42. The maximum Gasteiger partial charge on any atom is 0.183 e. The molecule has 0 radical (unpaired) electrons. The van der Waals surface area contributed by atoms with Crippen LogP contribution in [0.15, 0.2) is 48.7 Å². The molecule has 0 unspecified atom stereocenters. The van der Waals surface area contributed by atoms with Gasteiger partial charge in [-0.05, 0) is 32.9 Å². The van der Waals surface area contributed by atoms with Crippen LogP contribution in [0.2, 0.25) is 5.02 Å². The molecule has 0 spiro atoms. The van der Waals surface area contributed by atoms with Crippen molar-refractivity contribution in [2.45, 2.75) is 26.3 Å². The number of nitrogens with one attached hydrogen (secondary N) is 2. The topological polar surface area (TPSA) is 90.3 Å². The molecule has 0 aliphatic heterocycles. The van der Waals surface area contributed by atoms with Crippen molar-refractivity contribution in [3.63, 3.8) is 0 Å². The highest BCUT2D eigenvalue weighted by molar-refractivity contribution is 6.35. The number of nitriles is 1. The normalized spacial score (nSPS) is 11.4. The molecule has 0 fully saturated rings. The maximum atomic E-state index is 9.71. The summed E-state index contributed by atoms with van der Waals surface area (Å²) in [5, 5.41) is 21.3. The Labute approximate surface area is 173 Å². The number of rotatable bonds is 3. The smallest absolute Gasteiger partial charge is 0.183 e. The summed E-state index contributed by atoms with van der Waals surface area (Å²) in [6.07, 6.45) is 1.71. The fraction of sp³-hybridized carbons (Fsp3) is 0.182. The average Bonchev–Trinajstić information content (AvgIpc) is 3.16. The van der Waals surface area contributed by atoms with Crippen LogP contribution in [0, 0.1) is 11.3 Å². The number of hydrogen-bond donors (Lipinski definition) is 2. The number of H-pyrrole nitrogens is 1. The van der Waals surface area contributed by atoms with E-state index in [0.717, 1.165) is 22.0 Å². The van der Waals surface area contributed by atoms with Crippen molar-refractivity contribution in [3.8, 4) is 28.6 Å². The largest absolute Gasteiger partial charge is 0.363 e. The second-order valence-electron chi connectivity index (χ2n) is 7.76. The average molecular weight is 403 g/mol. The zero-order valence-corrected chi connectivity index (χ0v) is 17.0. The van der Waals surface area contributed by atoms with Crippen LogP contribution in [0.3, 0.4) is 0 Å². The van der Waals surface area contributed by atoms with Gasteiger partial charge in [-0.3, -0.25) is 5.10 Å². The fourth-order valence-corrected chi connectivity index (χ4v) is 3.37. The third-order valence-electron chi connectivity index (χ3n) is 4.32. The third-order valence-corrected chi connectivity index (χ3v) is 4.61. The minimum Gasteiger partial charge on any atom is -0.363 e. The molecule has 0 saturated carbocycles. The van der Waals surface area contributed by atoms with Crippen LogP contribution in [0.5, 0.6) is 0 Å². The zero-order valence-electron chi connectivity index (χ0n) is 16.3. The van der Waals surface area contributed by atoms with Crippen molar-refractivity contribution in [1.82, 2.24) is 20.2 Å². The molecule has 0 amide bonds. The molecule has 7 heteroatoms. The van der Waals surface area contributed by atoms with Crippen LogP contribution in [0.25, 0.3) is 33.4 Å². The van der Waals surface area contributed by atoms with Gasteiger partial charge in [0.25, 0.3) is 0 Å². The van der Waals surface area contributed by atoms with E-state index < -0.39 is 0 Å². The van der Waals surface area contributed by atoms with Gasteiger partial charge in [0.15, 0.2) is 11.5 Å². The number of benzene rings is 2. The highest BCUT2D eigenvalue weighted by Gasteiger charge is 2.21. The summed E-state index contributed by atoms with van der Waals surface area (Å²) in [7, 11) is 0. The Morgan fingerprint density at radius 2 is 1.76 bits per heavy atom. The first-order valence-electron chi connectivity index (χ1n) is 9.14. The minimum absolute atomic E-state index is 0.234. The summed E-state index contributed by atoms with van der Waals surface area (Å²) in [5.41, 5.74) is 3.67. The highest BCUT2D eigenvalue weighted by Crippen LogP contribution is 2.35. The van der Waals surface area contributed by atoms with Crippen LogP contribution < -0.4 is 5.32 Å². The van der Waals surface area contributed by atoms with Gasteiger partial charge in [-0.15, -0.1) is 0 Å². The number of halogens is 1. The van der Waals surface area contributed by atoms with E-state index in [-0.39, 0.29) is 11.2 Å². The fourth-order valence-electron chi connectivity index (χ4n) is 3.11. The second-order valence-corrected chi connectivity index (χ2v) is 8.17.